The smallest absolute Gasteiger partial charge is 0.220 e. The first-order valence-electron chi connectivity index (χ1n) is 6.82. The van der Waals surface area contributed by atoms with Gasteiger partial charge in [0.25, 0.3) is 0 Å². The van der Waals surface area contributed by atoms with E-state index < -0.39 is 0 Å². The molecular formula is C13H25ClN2O. The minimum Gasteiger partial charge on any atom is -0.356 e. The highest BCUT2D eigenvalue weighted by Crippen LogP contribution is 2.31. The molecule has 4 heteroatoms. The van der Waals surface area contributed by atoms with Gasteiger partial charge in [-0.15, -0.1) is 12.4 Å². The molecule has 2 rings (SSSR count). The van der Waals surface area contributed by atoms with E-state index in [1.165, 1.54) is 32.1 Å². The molecule has 2 aliphatic rings. The normalized spacial score (nSPS) is 20.7. The zero-order valence-electron chi connectivity index (χ0n) is 10.5. The number of hydrogen-bond acceptors (Lipinski definition) is 2. The Balaban J connectivity index is 0.00000144. The number of piperidine rings is 1. The predicted molar refractivity (Wildman–Crippen MR) is 72.4 cm³/mol. The maximum atomic E-state index is 11.6. The highest BCUT2D eigenvalue weighted by molar-refractivity contribution is 5.85. The molecule has 0 radical (unpaired) electrons. The van der Waals surface area contributed by atoms with Gasteiger partial charge in [-0.25, -0.2) is 0 Å². The second-order valence-corrected chi connectivity index (χ2v) is 5.31. The topological polar surface area (TPSA) is 41.1 Å². The van der Waals surface area contributed by atoms with Crippen LogP contribution in [-0.2, 0) is 4.79 Å². The van der Waals surface area contributed by atoms with Gasteiger partial charge in [-0.1, -0.05) is 12.8 Å². The lowest BCUT2D eigenvalue weighted by Gasteiger charge is -2.22. The summed E-state index contributed by atoms with van der Waals surface area (Å²) in [6.07, 6.45) is 8.26. The molecule has 0 bridgehead atoms. The number of carbonyl (C=O) groups is 1. The fourth-order valence-electron chi connectivity index (χ4n) is 2.42. The summed E-state index contributed by atoms with van der Waals surface area (Å²) in [5.74, 6) is 1.96. The molecular weight excluding hydrogens is 236 g/mol. The summed E-state index contributed by atoms with van der Waals surface area (Å²) in [7, 11) is 0. The first-order chi connectivity index (χ1) is 7.84. The molecule has 1 amide bonds. The molecule has 0 aromatic heterocycles. The minimum absolute atomic E-state index is 0. The van der Waals surface area contributed by atoms with Crippen LogP contribution in [0, 0.1) is 11.8 Å². The van der Waals surface area contributed by atoms with E-state index in [0.717, 1.165) is 44.3 Å². The molecule has 0 spiro atoms. The average Bonchev–Trinajstić information content (AvgIpc) is 3.12. The number of carbonyl (C=O) groups excluding carboxylic acids is 1. The van der Waals surface area contributed by atoms with Crippen molar-refractivity contribution in [3.63, 3.8) is 0 Å². The summed E-state index contributed by atoms with van der Waals surface area (Å²) in [6.45, 7) is 3.16. The lowest BCUT2D eigenvalue weighted by atomic mass is 9.93. The Morgan fingerprint density at radius 3 is 2.35 bits per heavy atom. The third kappa shape index (κ3) is 6.27. The third-order valence-electron chi connectivity index (χ3n) is 3.81. The first-order valence-corrected chi connectivity index (χ1v) is 6.82. The molecule has 17 heavy (non-hydrogen) atoms. The third-order valence-corrected chi connectivity index (χ3v) is 3.81. The van der Waals surface area contributed by atoms with Gasteiger partial charge in [0, 0.05) is 13.0 Å². The molecule has 0 atom stereocenters. The van der Waals surface area contributed by atoms with E-state index >= 15 is 0 Å². The van der Waals surface area contributed by atoms with Crippen LogP contribution in [0.2, 0.25) is 0 Å². The monoisotopic (exact) mass is 260 g/mol. The van der Waals surface area contributed by atoms with Gasteiger partial charge in [-0.3, -0.25) is 4.79 Å². The molecule has 0 aromatic carbocycles. The van der Waals surface area contributed by atoms with Crippen molar-refractivity contribution in [3.8, 4) is 0 Å². The lowest BCUT2D eigenvalue weighted by molar-refractivity contribution is -0.121. The van der Waals surface area contributed by atoms with Crippen LogP contribution < -0.4 is 10.6 Å². The quantitative estimate of drug-likeness (QED) is 0.768. The maximum Gasteiger partial charge on any atom is 0.220 e. The van der Waals surface area contributed by atoms with E-state index in [1.807, 2.05) is 0 Å². The second kappa shape index (κ2) is 7.93. The molecule has 2 N–H and O–H groups in total. The van der Waals surface area contributed by atoms with Crippen molar-refractivity contribution in [2.45, 2.75) is 44.9 Å². The van der Waals surface area contributed by atoms with Gasteiger partial charge in [-0.05, 0) is 50.6 Å². The van der Waals surface area contributed by atoms with Crippen LogP contribution in [0.25, 0.3) is 0 Å². The summed E-state index contributed by atoms with van der Waals surface area (Å²) in [5.41, 5.74) is 0. The minimum atomic E-state index is 0. The number of hydrogen-bond donors (Lipinski definition) is 2. The molecule has 3 nitrogen and oxygen atoms in total. The van der Waals surface area contributed by atoms with Crippen molar-refractivity contribution in [1.82, 2.24) is 10.6 Å². The van der Waals surface area contributed by atoms with Gasteiger partial charge >= 0.3 is 0 Å². The molecule has 100 valence electrons. The molecule has 1 saturated carbocycles. The van der Waals surface area contributed by atoms with Crippen molar-refractivity contribution >= 4 is 18.3 Å². The van der Waals surface area contributed by atoms with Gasteiger partial charge in [0.15, 0.2) is 0 Å². The lowest BCUT2D eigenvalue weighted by Crippen LogP contribution is -2.29. The fourth-order valence-corrected chi connectivity index (χ4v) is 2.42. The Kier molecular flexibility index (Phi) is 6.90. The first kappa shape index (κ1) is 14.8. The van der Waals surface area contributed by atoms with Gasteiger partial charge in [0.1, 0.15) is 0 Å². The summed E-state index contributed by atoms with van der Waals surface area (Å²) in [5, 5.41) is 6.39. The Bertz CT molecular complexity index is 225. The van der Waals surface area contributed by atoms with E-state index in [1.54, 1.807) is 0 Å². The largest absolute Gasteiger partial charge is 0.356 e. The Morgan fingerprint density at radius 2 is 1.71 bits per heavy atom. The molecule has 2 fully saturated rings. The van der Waals surface area contributed by atoms with Gasteiger partial charge in [-0.2, -0.15) is 0 Å². The maximum absolute atomic E-state index is 11.6. The van der Waals surface area contributed by atoms with Crippen LogP contribution in [0.15, 0.2) is 0 Å². The summed E-state index contributed by atoms with van der Waals surface area (Å²) >= 11 is 0. The summed E-state index contributed by atoms with van der Waals surface area (Å²) in [4.78, 5) is 11.6. The van der Waals surface area contributed by atoms with Crippen LogP contribution in [0.5, 0.6) is 0 Å². The van der Waals surface area contributed by atoms with Crippen LogP contribution in [-0.4, -0.2) is 25.5 Å². The van der Waals surface area contributed by atoms with E-state index in [-0.39, 0.29) is 18.3 Å². The SMILES string of the molecule is Cl.O=C(CCC1CCNCC1)NCCC1CC1. The molecule has 1 saturated heterocycles. The van der Waals surface area contributed by atoms with Crippen molar-refractivity contribution in [2.75, 3.05) is 19.6 Å². The second-order valence-electron chi connectivity index (χ2n) is 5.31. The molecule has 1 heterocycles. The highest BCUT2D eigenvalue weighted by Gasteiger charge is 2.20. The van der Waals surface area contributed by atoms with Crippen LogP contribution in [0.1, 0.15) is 44.9 Å². The Hall–Kier alpha value is -0.280. The molecule has 1 aliphatic heterocycles. The van der Waals surface area contributed by atoms with Crippen molar-refractivity contribution in [2.24, 2.45) is 11.8 Å². The zero-order chi connectivity index (χ0) is 11.2. The fraction of sp³-hybridized carbons (Fsp3) is 0.923. The van der Waals surface area contributed by atoms with Crippen LogP contribution in [0.3, 0.4) is 0 Å². The Morgan fingerprint density at radius 1 is 1.06 bits per heavy atom. The van der Waals surface area contributed by atoms with Gasteiger partial charge < -0.3 is 10.6 Å². The Labute approximate surface area is 111 Å². The number of amides is 1. The standard InChI is InChI=1S/C13H24N2O.ClH/c16-13(15-10-7-11-1-2-11)4-3-12-5-8-14-9-6-12;/h11-12,14H,1-10H2,(H,15,16);1H. The van der Waals surface area contributed by atoms with Crippen molar-refractivity contribution in [3.05, 3.63) is 0 Å². The average molecular weight is 261 g/mol. The molecule has 0 unspecified atom stereocenters. The van der Waals surface area contributed by atoms with E-state index in [4.69, 9.17) is 0 Å². The highest BCUT2D eigenvalue weighted by atomic mass is 35.5. The number of rotatable bonds is 6. The van der Waals surface area contributed by atoms with E-state index in [2.05, 4.69) is 10.6 Å². The van der Waals surface area contributed by atoms with Gasteiger partial charge in [0.2, 0.25) is 5.91 Å². The number of halogens is 1. The number of nitrogens with one attached hydrogen (secondary N) is 2. The van der Waals surface area contributed by atoms with Crippen molar-refractivity contribution in [1.29, 1.82) is 0 Å². The van der Waals surface area contributed by atoms with Crippen LogP contribution >= 0.6 is 12.4 Å². The summed E-state index contributed by atoms with van der Waals surface area (Å²) in [6, 6.07) is 0. The van der Waals surface area contributed by atoms with Crippen LogP contribution in [0.4, 0.5) is 0 Å². The van der Waals surface area contributed by atoms with Crippen molar-refractivity contribution < 1.29 is 4.79 Å². The molecule has 1 aliphatic carbocycles. The predicted octanol–water partition coefficient (Wildman–Crippen LogP) is 2.10. The van der Waals surface area contributed by atoms with E-state index in [9.17, 15) is 4.79 Å². The van der Waals surface area contributed by atoms with E-state index in [0.29, 0.717) is 0 Å². The zero-order valence-corrected chi connectivity index (χ0v) is 11.4. The summed E-state index contributed by atoms with van der Waals surface area (Å²) < 4.78 is 0. The van der Waals surface area contributed by atoms with Gasteiger partial charge in [0.05, 0.1) is 0 Å². The molecule has 0 aromatic rings.